The first-order valence-corrected chi connectivity index (χ1v) is 10.3. The molecule has 0 radical (unpaired) electrons. The van der Waals surface area contributed by atoms with E-state index in [1.165, 1.54) is 0 Å². The highest BCUT2D eigenvalue weighted by atomic mass is 79.9. The minimum absolute atomic E-state index is 0.0765. The third-order valence-electron chi connectivity index (χ3n) is 5.33. The van der Waals surface area contributed by atoms with Gasteiger partial charge in [-0.15, -0.1) is 0 Å². The molecule has 30 heavy (non-hydrogen) atoms. The molecule has 1 unspecified atom stereocenters. The predicted octanol–water partition coefficient (Wildman–Crippen LogP) is 5.32. The molecular weight excluding hydrogens is 444 g/mol. The first-order valence-electron chi connectivity index (χ1n) is 9.54. The standard InChI is InChI=1S/C24H17BrN2O3/c1-13-6-11-18-17(12-13)22(28)20-21(15-7-9-16(25)10-8-15)27(24(29)23(20)30-18)19-5-3-4-14(2)26-19/h3-12,21H,1-2H3. The molecule has 0 spiro atoms. The highest BCUT2D eigenvalue weighted by Crippen LogP contribution is 2.40. The van der Waals surface area contributed by atoms with Gasteiger partial charge in [0.15, 0.2) is 5.43 Å². The van der Waals surface area contributed by atoms with Gasteiger partial charge in [0, 0.05) is 10.2 Å². The zero-order chi connectivity index (χ0) is 21.0. The Hall–Kier alpha value is -3.25. The summed E-state index contributed by atoms with van der Waals surface area (Å²) in [5.41, 5.74) is 3.12. The van der Waals surface area contributed by atoms with Gasteiger partial charge in [-0.1, -0.05) is 45.8 Å². The highest BCUT2D eigenvalue weighted by Gasteiger charge is 2.44. The number of benzene rings is 2. The summed E-state index contributed by atoms with van der Waals surface area (Å²) >= 11 is 3.45. The Bertz CT molecular complexity index is 1380. The van der Waals surface area contributed by atoms with Gasteiger partial charge in [-0.3, -0.25) is 14.5 Å². The summed E-state index contributed by atoms with van der Waals surface area (Å²) in [5, 5.41) is 0.475. The summed E-state index contributed by atoms with van der Waals surface area (Å²) in [4.78, 5) is 33.1. The van der Waals surface area contributed by atoms with Gasteiger partial charge in [0.1, 0.15) is 11.4 Å². The van der Waals surface area contributed by atoms with Crippen molar-refractivity contribution in [1.82, 2.24) is 4.98 Å². The lowest BCUT2D eigenvalue weighted by atomic mass is 9.98. The molecule has 1 aliphatic heterocycles. The lowest BCUT2D eigenvalue weighted by molar-refractivity contribution is 0.0970. The van der Waals surface area contributed by atoms with E-state index >= 15 is 0 Å². The summed E-state index contributed by atoms with van der Waals surface area (Å²) in [5.74, 6) is 0.196. The Morgan fingerprint density at radius 1 is 1.00 bits per heavy atom. The van der Waals surface area contributed by atoms with Crippen molar-refractivity contribution >= 4 is 38.6 Å². The van der Waals surface area contributed by atoms with Crippen LogP contribution in [0.2, 0.25) is 0 Å². The van der Waals surface area contributed by atoms with E-state index in [0.717, 1.165) is 21.3 Å². The van der Waals surface area contributed by atoms with Crippen LogP contribution in [0.15, 0.2) is 74.3 Å². The molecule has 5 nitrogen and oxygen atoms in total. The summed E-state index contributed by atoms with van der Waals surface area (Å²) in [7, 11) is 0. The third-order valence-corrected chi connectivity index (χ3v) is 5.86. The van der Waals surface area contributed by atoms with Crippen molar-refractivity contribution in [2.24, 2.45) is 0 Å². The molecule has 0 bridgehead atoms. The summed E-state index contributed by atoms with van der Waals surface area (Å²) in [6, 6.07) is 17.9. The van der Waals surface area contributed by atoms with Gasteiger partial charge in [-0.05, 0) is 55.8 Å². The molecule has 148 valence electrons. The number of anilines is 1. The smallest absolute Gasteiger partial charge is 0.296 e. The van der Waals surface area contributed by atoms with E-state index in [0.29, 0.717) is 22.4 Å². The van der Waals surface area contributed by atoms with Crippen molar-refractivity contribution < 1.29 is 9.21 Å². The average molecular weight is 461 g/mol. The minimum atomic E-state index is -0.615. The van der Waals surface area contributed by atoms with Crippen LogP contribution in [0.1, 0.15) is 39.0 Å². The number of nitrogens with zero attached hydrogens (tertiary/aromatic N) is 2. The molecular formula is C24H17BrN2O3. The fourth-order valence-corrected chi connectivity index (χ4v) is 4.21. The SMILES string of the molecule is Cc1ccc2oc3c(c(=O)c2c1)C(c1ccc(Br)cc1)N(c1cccc(C)n1)C3=O. The molecule has 5 rings (SSSR count). The molecule has 2 aromatic heterocycles. The van der Waals surface area contributed by atoms with Crippen LogP contribution in [-0.4, -0.2) is 10.9 Å². The monoisotopic (exact) mass is 460 g/mol. The number of fused-ring (bicyclic) bond motifs is 2. The maximum Gasteiger partial charge on any atom is 0.296 e. The second kappa shape index (κ2) is 6.92. The Kier molecular flexibility index (Phi) is 4.33. The van der Waals surface area contributed by atoms with Crippen molar-refractivity contribution in [2.75, 3.05) is 4.90 Å². The summed E-state index contributed by atoms with van der Waals surface area (Å²) in [6.07, 6.45) is 0. The number of carbonyl (C=O) groups excluding carboxylic acids is 1. The topological polar surface area (TPSA) is 63.4 Å². The number of hydrogen-bond donors (Lipinski definition) is 0. The molecule has 6 heteroatoms. The predicted molar refractivity (Wildman–Crippen MR) is 119 cm³/mol. The fourth-order valence-electron chi connectivity index (χ4n) is 3.95. The van der Waals surface area contributed by atoms with E-state index < -0.39 is 6.04 Å². The number of aryl methyl sites for hydroxylation is 2. The Morgan fingerprint density at radius 3 is 2.50 bits per heavy atom. The minimum Gasteiger partial charge on any atom is -0.450 e. The Balaban J connectivity index is 1.83. The maximum absolute atomic E-state index is 13.5. The number of aromatic nitrogens is 1. The number of halogens is 1. The van der Waals surface area contributed by atoms with Crippen LogP contribution in [0.5, 0.6) is 0 Å². The van der Waals surface area contributed by atoms with Crippen LogP contribution in [-0.2, 0) is 0 Å². The first kappa shape index (κ1) is 18.8. The molecule has 2 aromatic carbocycles. The molecule has 0 aliphatic carbocycles. The van der Waals surface area contributed by atoms with Crippen LogP contribution in [0.3, 0.4) is 0 Å². The lowest BCUT2D eigenvalue weighted by Crippen LogP contribution is -2.30. The van der Waals surface area contributed by atoms with Gasteiger partial charge in [-0.2, -0.15) is 0 Å². The molecule has 0 saturated heterocycles. The van der Waals surface area contributed by atoms with E-state index in [1.54, 1.807) is 23.1 Å². The first-order chi connectivity index (χ1) is 14.4. The van der Waals surface area contributed by atoms with Crippen molar-refractivity contribution in [3.63, 3.8) is 0 Å². The van der Waals surface area contributed by atoms with Crippen molar-refractivity contribution in [3.05, 3.63) is 104 Å². The normalized spacial score (nSPS) is 15.6. The Labute approximate surface area is 181 Å². The maximum atomic E-state index is 13.5. The van der Waals surface area contributed by atoms with Gasteiger partial charge in [0.05, 0.1) is 17.0 Å². The van der Waals surface area contributed by atoms with E-state index in [4.69, 9.17) is 4.42 Å². The molecule has 1 aliphatic rings. The van der Waals surface area contributed by atoms with Gasteiger partial charge in [-0.25, -0.2) is 4.98 Å². The third kappa shape index (κ3) is 2.87. The van der Waals surface area contributed by atoms with E-state index in [1.807, 2.05) is 56.3 Å². The molecule has 4 aromatic rings. The zero-order valence-corrected chi connectivity index (χ0v) is 17.9. The largest absolute Gasteiger partial charge is 0.450 e. The average Bonchev–Trinajstić information content (AvgIpc) is 3.02. The van der Waals surface area contributed by atoms with Gasteiger partial charge in [0.2, 0.25) is 5.76 Å². The lowest BCUT2D eigenvalue weighted by Gasteiger charge is -2.24. The molecule has 0 fully saturated rings. The van der Waals surface area contributed by atoms with Crippen LogP contribution in [0.25, 0.3) is 11.0 Å². The van der Waals surface area contributed by atoms with Gasteiger partial charge in [0.25, 0.3) is 5.91 Å². The number of rotatable bonds is 2. The van der Waals surface area contributed by atoms with Crippen LogP contribution < -0.4 is 10.3 Å². The number of hydrogen-bond acceptors (Lipinski definition) is 4. The number of pyridine rings is 1. The van der Waals surface area contributed by atoms with E-state index in [-0.39, 0.29) is 17.1 Å². The van der Waals surface area contributed by atoms with Crippen LogP contribution in [0, 0.1) is 13.8 Å². The van der Waals surface area contributed by atoms with E-state index in [2.05, 4.69) is 20.9 Å². The number of amides is 1. The summed E-state index contributed by atoms with van der Waals surface area (Å²) in [6.45, 7) is 3.79. The van der Waals surface area contributed by atoms with Crippen LogP contribution in [0.4, 0.5) is 5.82 Å². The Morgan fingerprint density at radius 2 is 1.77 bits per heavy atom. The second-order valence-electron chi connectivity index (χ2n) is 7.44. The second-order valence-corrected chi connectivity index (χ2v) is 8.36. The van der Waals surface area contributed by atoms with Crippen molar-refractivity contribution in [1.29, 1.82) is 0 Å². The van der Waals surface area contributed by atoms with E-state index in [9.17, 15) is 9.59 Å². The van der Waals surface area contributed by atoms with Crippen molar-refractivity contribution in [2.45, 2.75) is 19.9 Å². The van der Waals surface area contributed by atoms with Gasteiger partial charge >= 0.3 is 0 Å². The number of carbonyl (C=O) groups is 1. The highest BCUT2D eigenvalue weighted by molar-refractivity contribution is 9.10. The van der Waals surface area contributed by atoms with Gasteiger partial charge < -0.3 is 4.42 Å². The van der Waals surface area contributed by atoms with Crippen molar-refractivity contribution in [3.8, 4) is 0 Å². The quantitative estimate of drug-likeness (QED) is 0.406. The molecule has 3 heterocycles. The molecule has 1 amide bonds. The molecule has 1 atom stereocenters. The summed E-state index contributed by atoms with van der Waals surface area (Å²) < 4.78 is 6.90. The molecule has 0 saturated carbocycles. The molecule has 0 N–H and O–H groups in total. The fraction of sp³-hybridized carbons (Fsp3) is 0.125. The van der Waals surface area contributed by atoms with Crippen LogP contribution >= 0.6 is 15.9 Å². The zero-order valence-electron chi connectivity index (χ0n) is 16.3.